The van der Waals surface area contributed by atoms with Gasteiger partial charge in [-0.25, -0.2) is 4.98 Å². The lowest BCUT2D eigenvalue weighted by Crippen LogP contribution is -2.47. The number of amides is 1. The molecule has 1 amide bonds. The quantitative estimate of drug-likeness (QED) is 0.798. The number of hydrogen-bond donors (Lipinski definition) is 0. The summed E-state index contributed by atoms with van der Waals surface area (Å²) in [4.78, 5) is 24.2. The lowest BCUT2D eigenvalue weighted by Gasteiger charge is -2.36. The molecule has 2 aromatic heterocycles. The van der Waals surface area contributed by atoms with E-state index in [-0.39, 0.29) is 5.91 Å². The molecule has 0 saturated carbocycles. The van der Waals surface area contributed by atoms with Crippen LogP contribution in [0.3, 0.4) is 0 Å². The molecule has 0 atom stereocenters. The van der Waals surface area contributed by atoms with E-state index in [2.05, 4.69) is 20.9 Å². The van der Waals surface area contributed by atoms with E-state index in [9.17, 15) is 4.79 Å². The first kappa shape index (κ1) is 18.7. The number of carbonyl (C=O) groups excluding carboxylic acids is 1. The average Bonchev–Trinajstić information content (AvgIpc) is 3.28. The number of furan rings is 1. The van der Waals surface area contributed by atoms with Gasteiger partial charge in [-0.1, -0.05) is 6.08 Å². The van der Waals surface area contributed by atoms with Crippen molar-refractivity contribution in [3.8, 4) is 0 Å². The normalized spacial score (nSPS) is 18.7. The van der Waals surface area contributed by atoms with Crippen LogP contribution in [0.4, 0.5) is 5.82 Å². The molecule has 4 rings (SSSR count). The van der Waals surface area contributed by atoms with Crippen molar-refractivity contribution < 1.29 is 9.21 Å². The van der Waals surface area contributed by atoms with E-state index in [0.29, 0.717) is 0 Å². The second kappa shape index (κ2) is 9.06. The van der Waals surface area contributed by atoms with E-state index in [1.807, 2.05) is 35.2 Å². The van der Waals surface area contributed by atoms with Crippen LogP contribution < -0.4 is 4.90 Å². The topological polar surface area (TPSA) is 52.8 Å². The van der Waals surface area contributed by atoms with Crippen molar-refractivity contribution in [2.75, 3.05) is 50.7 Å². The van der Waals surface area contributed by atoms with Crippen LogP contribution in [0.5, 0.6) is 0 Å². The van der Waals surface area contributed by atoms with Gasteiger partial charge in [0.05, 0.1) is 11.8 Å². The lowest BCUT2D eigenvalue weighted by molar-refractivity contribution is 0.0724. The Balaban J connectivity index is 1.36. The van der Waals surface area contributed by atoms with E-state index < -0.39 is 0 Å². The molecular weight excluding hydrogens is 352 g/mol. The third kappa shape index (κ3) is 4.44. The minimum absolute atomic E-state index is 0.131. The zero-order chi connectivity index (χ0) is 19.2. The smallest absolute Gasteiger partial charge is 0.257 e. The minimum Gasteiger partial charge on any atom is -0.465 e. The molecule has 4 heterocycles. The summed E-state index contributed by atoms with van der Waals surface area (Å²) in [6.07, 6.45) is 11.1. The summed E-state index contributed by atoms with van der Waals surface area (Å²) in [5.41, 5.74) is 0.746. The van der Waals surface area contributed by atoms with Crippen molar-refractivity contribution in [1.29, 1.82) is 0 Å². The van der Waals surface area contributed by atoms with Crippen LogP contribution in [-0.2, 0) is 0 Å². The van der Waals surface area contributed by atoms with Gasteiger partial charge in [-0.3, -0.25) is 9.69 Å². The highest BCUT2D eigenvalue weighted by molar-refractivity contribution is 5.99. The maximum absolute atomic E-state index is 13.0. The maximum Gasteiger partial charge on any atom is 0.257 e. The molecule has 2 aromatic rings. The van der Waals surface area contributed by atoms with Crippen LogP contribution in [-0.4, -0.2) is 66.5 Å². The Morgan fingerprint density at radius 2 is 1.86 bits per heavy atom. The number of aromatic nitrogens is 1. The molecule has 2 aliphatic rings. The van der Waals surface area contributed by atoms with Gasteiger partial charge in [0.1, 0.15) is 11.6 Å². The van der Waals surface area contributed by atoms with E-state index in [1.165, 1.54) is 6.42 Å². The van der Waals surface area contributed by atoms with Crippen molar-refractivity contribution in [3.63, 3.8) is 0 Å². The summed E-state index contributed by atoms with van der Waals surface area (Å²) in [6, 6.07) is 7.65. The van der Waals surface area contributed by atoms with Gasteiger partial charge in [-0.2, -0.15) is 0 Å². The summed E-state index contributed by atoms with van der Waals surface area (Å²) in [6.45, 7) is 6.30. The fourth-order valence-electron chi connectivity index (χ4n) is 3.93. The Bertz CT molecular complexity index is 789. The summed E-state index contributed by atoms with van der Waals surface area (Å²) < 4.78 is 5.33. The third-order valence-corrected chi connectivity index (χ3v) is 5.52. The molecule has 0 radical (unpaired) electrons. The summed E-state index contributed by atoms with van der Waals surface area (Å²) in [5, 5.41) is 0. The third-order valence-electron chi connectivity index (χ3n) is 5.52. The number of nitrogens with zero attached hydrogens (tertiary/aromatic N) is 4. The number of hydrogen-bond acceptors (Lipinski definition) is 5. The predicted molar refractivity (Wildman–Crippen MR) is 110 cm³/mol. The Kier molecular flexibility index (Phi) is 6.07. The van der Waals surface area contributed by atoms with E-state index in [4.69, 9.17) is 4.42 Å². The molecule has 148 valence electrons. The first-order valence-corrected chi connectivity index (χ1v) is 10.2. The van der Waals surface area contributed by atoms with E-state index in [0.717, 1.165) is 75.8 Å². The largest absolute Gasteiger partial charge is 0.465 e. The number of piperidine rings is 1. The number of piperazine rings is 1. The zero-order valence-electron chi connectivity index (χ0n) is 16.3. The van der Waals surface area contributed by atoms with Crippen molar-refractivity contribution in [1.82, 2.24) is 14.8 Å². The van der Waals surface area contributed by atoms with Gasteiger partial charge in [0.15, 0.2) is 0 Å². The predicted octanol–water partition coefficient (Wildman–Crippen LogP) is 3.14. The number of rotatable bonds is 5. The molecule has 0 spiro atoms. The molecule has 0 unspecified atom stereocenters. The molecule has 0 aliphatic carbocycles. The maximum atomic E-state index is 13.0. The summed E-state index contributed by atoms with van der Waals surface area (Å²) in [7, 11) is 0. The monoisotopic (exact) mass is 380 g/mol. The van der Waals surface area contributed by atoms with Gasteiger partial charge in [0.25, 0.3) is 5.91 Å². The Labute approximate surface area is 166 Å². The number of likely N-dealkylation sites (tertiary alicyclic amines) is 1. The van der Waals surface area contributed by atoms with E-state index >= 15 is 0 Å². The highest BCUT2D eigenvalue weighted by Crippen LogP contribution is 2.22. The number of anilines is 1. The van der Waals surface area contributed by atoms with Crippen LogP contribution in [0.2, 0.25) is 0 Å². The van der Waals surface area contributed by atoms with Gasteiger partial charge in [-0.05, 0) is 49.6 Å². The Hall–Kier alpha value is -2.60. The molecule has 6 heteroatoms. The van der Waals surface area contributed by atoms with Crippen molar-refractivity contribution in [2.24, 2.45) is 0 Å². The Morgan fingerprint density at radius 1 is 1.04 bits per heavy atom. The van der Waals surface area contributed by atoms with Gasteiger partial charge in [0.2, 0.25) is 0 Å². The molecule has 0 N–H and O–H groups in total. The second-order valence-corrected chi connectivity index (χ2v) is 7.43. The fourth-order valence-corrected chi connectivity index (χ4v) is 3.93. The highest BCUT2D eigenvalue weighted by atomic mass is 16.3. The summed E-state index contributed by atoms with van der Waals surface area (Å²) in [5.74, 6) is 1.85. The Morgan fingerprint density at radius 3 is 2.61 bits per heavy atom. The lowest BCUT2D eigenvalue weighted by atomic mass is 10.1. The molecule has 2 fully saturated rings. The van der Waals surface area contributed by atoms with Gasteiger partial charge in [0, 0.05) is 52.0 Å². The first-order chi connectivity index (χ1) is 13.8. The molecule has 0 aromatic carbocycles. The van der Waals surface area contributed by atoms with Crippen LogP contribution in [0.1, 0.15) is 35.4 Å². The van der Waals surface area contributed by atoms with Crippen molar-refractivity contribution in [2.45, 2.75) is 19.3 Å². The molecule has 0 bridgehead atoms. The molecule has 2 aliphatic heterocycles. The molecule has 2 saturated heterocycles. The molecule has 28 heavy (non-hydrogen) atoms. The second-order valence-electron chi connectivity index (χ2n) is 7.43. The average molecular weight is 380 g/mol. The van der Waals surface area contributed by atoms with Crippen LogP contribution >= 0.6 is 0 Å². The highest BCUT2D eigenvalue weighted by Gasteiger charge is 2.25. The standard InChI is InChI=1S/C22H28N4O2/c27-22(26-12-2-1-3-13-26)20-9-4-10-23-21(20)25-16-14-24(15-17-25)11-5-7-19-8-6-18-28-19/h4-10,18H,1-3,11-17H2/b7-5+. The van der Waals surface area contributed by atoms with Gasteiger partial charge < -0.3 is 14.2 Å². The molecule has 6 nitrogen and oxygen atoms in total. The van der Waals surface area contributed by atoms with Gasteiger partial charge in [-0.15, -0.1) is 0 Å². The van der Waals surface area contributed by atoms with Crippen LogP contribution in [0.15, 0.2) is 47.2 Å². The minimum atomic E-state index is 0.131. The van der Waals surface area contributed by atoms with Crippen LogP contribution in [0, 0.1) is 0 Å². The number of pyridine rings is 1. The summed E-state index contributed by atoms with van der Waals surface area (Å²) >= 11 is 0. The first-order valence-electron chi connectivity index (χ1n) is 10.2. The van der Waals surface area contributed by atoms with Gasteiger partial charge >= 0.3 is 0 Å². The van der Waals surface area contributed by atoms with Crippen molar-refractivity contribution in [3.05, 3.63) is 54.1 Å². The van der Waals surface area contributed by atoms with E-state index in [1.54, 1.807) is 12.5 Å². The zero-order valence-corrected chi connectivity index (χ0v) is 16.3. The fraction of sp³-hybridized carbons (Fsp3) is 0.455. The molecular formula is C22H28N4O2. The van der Waals surface area contributed by atoms with Crippen LogP contribution in [0.25, 0.3) is 6.08 Å². The SMILES string of the molecule is O=C(c1cccnc1N1CCN(C/C=C/c2ccco2)CC1)N1CCCCC1. The number of carbonyl (C=O) groups is 1. The van der Waals surface area contributed by atoms with Crippen molar-refractivity contribution >= 4 is 17.8 Å².